The van der Waals surface area contributed by atoms with Crippen molar-refractivity contribution in [2.45, 2.75) is 52.1 Å². The van der Waals surface area contributed by atoms with E-state index >= 15 is 0 Å². The van der Waals surface area contributed by atoms with Gasteiger partial charge in [-0.3, -0.25) is 19.2 Å². The van der Waals surface area contributed by atoms with Gasteiger partial charge in [-0.05, 0) is 23.7 Å². The van der Waals surface area contributed by atoms with E-state index in [1.165, 1.54) is 27.7 Å². The first-order valence-corrected chi connectivity index (χ1v) is 11.2. The van der Waals surface area contributed by atoms with Gasteiger partial charge in [0.15, 0.2) is 0 Å². The van der Waals surface area contributed by atoms with Crippen molar-refractivity contribution in [2.75, 3.05) is 0 Å². The fraction of sp³-hybridized carbons (Fsp3) is 0.667. The average molecular weight is 444 g/mol. The van der Waals surface area contributed by atoms with Crippen molar-refractivity contribution in [3.63, 3.8) is 0 Å². The largest absolute Gasteiger partial charge is 0.458 e. The Bertz CT molecular complexity index is 839. The van der Waals surface area contributed by atoms with Gasteiger partial charge in [-0.15, -0.1) is 0 Å². The van der Waals surface area contributed by atoms with E-state index in [0.717, 1.165) is 0 Å². The Morgan fingerprint density at radius 3 is 1.03 bits per heavy atom. The maximum absolute atomic E-state index is 11.7. The molecule has 4 unspecified atom stereocenters. The maximum Gasteiger partial charge on any atom is 0.303 e. The van der Waals surface area contributed by atoms with Crippen LogP contribution in [0.3, 0.4) is 0 Å². The van der Waals surface area contributed by atoms with Gasteiger partial charge in [-0.1, -0.05) is 24.3 Å². The highest BCUT2D eigenvalue weighted by Crippen LogP contribution is 2.68. The molecule has 5 aliphatic carbocycles. The molecule has 0 aromatic carbocycles. The monoisotopic (exact) mass is 444 g/mol. The second-order valence-corrected chi connectivity index (χ2v) is 9.68. The fourth-order valence-electron chi connectivity index (χ4n) is 7.17. The van der Waals surface area contributed by atoms with Gasteiger partial charge < -0.3 is 18.9 Å². The van der Waals surface area contributed by atoms with Crippen LogP contribution in [0.15, 0.2) is 24.3 Å². The number of allylic oxidation sites excluding steroid dienone is 2. The van der Waals surface area contributed by atoms with Crippen LogP contribution in [-0.2, 0) is 38.1 Å². The van der Waals surface area contributed by atoms with E-state index in [9.17, 15) is 19.2 Å². The Hall–Kier alpha value is -2.64. The molecule has 3 fully saturated rings. The molecule has 172 valence electrons. The normalized spacial score (nSPS) is 46.4. The Balaban J connectivity index is 1.40. The van der Waals surface area contributed by atoms with E-state index in [0.29, 0.717) is 0 Å². The molecule has 0 aromatic heterocycles. The highest BCUT2D eigenvalue weighted by atomic mass is 16.6. The minimum Gasteiger partial charge on any atom is -0.458 e. The van der Waals surface area contributed by atoms with Crippen LogP contribution in [-0.4, -0.2) is 48.3 Å². The second kappa shape index (κ2) is 7.46. The van der Waals surface area contributed by atoms with Crippen molar-refractivity contribution >= 4 is 23.9 Å². The van der Waals surface area contributed by atoms with E-state index in [1.54, 1.807) is 0 Å². The standard InChI is InChI=1S/C24H28O8/c1-9(25)29-21-15-7-5-13-17(19(15)23(21)31-11(3)27)14-6-8-16-20(18(13)14)24(32-12(4)28)22(16)30-10(2)26/h5-8,13-24H,1-4H3/t13?,14?,15-,16+,17?,18?,19+,20-,21+,22-,23-,24+. The molecule has 0 N–H and O–H groups in total. The number of esters is 4. The summed E-state index contributed by atoms with van der Waals surface area (Å²) in [6, 6.07) is 0. The van der Waals surface area contributed by atoms with Gasteiger partial charge in [0.2, 0.25) is 0 Å². The van der Waals surface area contributed by atoms with Crippen LogP contribution >= 0.6 is 0 Å². The lowest BCUT2D eigenvalue weighted by Crippen LogP contribution is -2.73. The second-order valence-electron chi connectivity index (χ2n) is 9.68. The summed E-state index contributed by atoms with van der Waals surface area (Å²) >= 11 is 0. The highest BCUT2D eigenvalue weighted by Gasteiger charge is 2.71. The Morgan fingerprint density at radius 1 is 0.438 bits per heavy atom. The van der Waals surface area contributed by atoms with Crippen molar-refractivity contribution in [2.24, 2.45) is 47.3 Å². The molecule has 0 aliphatic heterocycles. The molecule has 3 saturated carbocycles. The zero-order valence-corrected chi connectivity index (χ0v) is 18.5. The first-order valence-electron chi connectivity index (χ1n) is 11.2. The summed E-state index contributed by atoms with van der Waals surface area (Å²) in [5.74, 6) is -0.330. The topological polar surface area (TPSA) is 105 Å². The molecule has 0 bridgehead atoms. The van der Waals surface area contributed by atoms with E-state index in [1.807, 2.05) is 0 Å². The fourth-order valence-corrected chi connectivity index (χ4v) is 7.17. The molecule has 0 radical (unpaired) electrons. The number of rotatable bonds is 4. The third kappa shape index (κ3) is 3.02. The van der Waals surface area contributed by atoms with Crippen LogP contribution in [0.25, 0.3) is 0 Å². The predicted octanol–water partition coefficient (Wildman–Crippen LogP) is 1.82. The zero-order valence-electron chi connectivity index (χ0n) is 18.5. The molecule has 5 rings (SSSR count). The summed E-state index contributed by atoms with van der Waals surface area (Å²) in [6.45, 7) is 5.47. The smallest absolute Gasteiger partial charge is 0.303 e. The minimum atomic E-state index is -0.455. The first-order chi connectivity index (χ1) is 15.2. The molecule has 0 heterocycles. The molecule has 0 spiro atoms. The van der Waals surface area contributed by atoms with Gasteiger partial charge in [-0.2, -0.15) is 0 Å². The predicted molar refractivity (Wildman–Crippen MR) is 108 cm³/mol. The Labute approximate surface area is 186 Å². The molecule has 0 saturated heterocycles. The zero-order chi connectivity index (χ0) is 22.9. The van der Waals surface area contributed by atoms with Crippen molar-refractivity contribution in [1.29, 1.82) is 0 Å². The third-order valence-corrected chi connectivity index (χ3v) is 8.04. The van der Waals surface area contributed by atoms with E-state index in [-0.39, 0.29) is 71.2 Å². The lowest BCUT2D eigenvalue weighted by atomic mass is 9.37. The van der Waals surface area contributed by atoms with E-state index in [4.69, 9.17) is 18.9 Å². The molecule has 12 atom stereocenters. The van der Waals surface area contributed by atoms with E-state index < -0.39 is 24.4 Å². The number of hydrogen-bond donors (Lipinski definition) is 0. The Kier molecular flexibility index (Phi) is 4.94. The molecule has 8 nitrogen and oxygen atoms in total. The molecule has 0 amide bonds. The van der Waals surface area contributed by atoms with Gasteiger partial charge in [0.05, 0.1) is 0 Å². The van der Waals surface area contributed by atoms with Crippen LogP contribution in [0, 0.1) is 47.3 Å². The van der Waals surface area contributed by atoms with Crippen LogP contribution in [0.5, 0.6) is 0 Å². The number of carbonyl (C=O) groups excluding carboxylic acids is 4. The Morgan fingerprint density at radius 2 is 0.719 bits per heavy atom. The molecule has 0 aromatic rings. The van der Waals surface area contributed by atoms with Crippen molar-refractivity contribution in [1.82, 2.24) is 0 Å². The summed E-state index contributed by atoms with van der Waals surface area (Å²) in [5, 5.41) is 0. The minimum absolute atomic E-state index is 0.0241. The lowest BCUT2D eigenvalue weighted by molar-refractivity contribution is -0.261. The maximum atomic E-state index is 11.7. The molecular weight excluding hydrogens is 416 g/mol. The van der Waals surface area contributed by atoms with Crippen LogP contribution in [0.4, 0.5) is 0 Å². The average Bonchev–Trinajstić information content (AvgIpc) is 2.69. The van der Waals surface area contributed by atoms with Crippen molar-refractivity contribution in [3.8, 4) is 0 Å². The number of ether oxygens (including phenoxy) is 4. The summed E-state index contributed by atoms with van der Waals surface area (Å²) in [7, 11) is 0. The summed E-state index contributed by atoms with van der Waals surface area (Å²) < 4.78 is 22.2. The summed E-state index contributed by atoms with van der Waals surface area (Å²) in [4.78, 5) is 46.6. The number of fused-ring (bicyclic) bond motifs is 8. The van der Waals surface area contributed by atoms with Crippen LogP contribution < -0.4 is 0 Å². The third-order valence-electron chi connectivity index (χ3n) is 8.04. The van der Waals surface area contributed by atoms with Gasteiger partial charge in [-0.25, -0.2) is 0 Å². The van der Waals surface area contributed by atoms with Crippen LogP contribution in [0.2, 0.25) is 0 Å². The van der Waals surface area contributed by atoms with Crippen molar-refractivity contribution < 1.29 is 38.1 Å². The first kappa shape index (κ1) is 21.2. The van der Waals surface area contributed by atoms with Gasteiger partial charge in [0.1, 0.15) is 24.4 Å². The molecule has 8 heteroatoms. The molecular formula is C24H28O8. The van der Waals surface area contributed by atoms with Crippen LogP contribution in [0.1, 0.15) is 27.7 Å². The summed E-state index contributed by atoms with van der Waals surface area (Å²) in [6.07, 6.45) is 6.74. The number of hydrogen-bond acceptors (Lipinski definition) is 8. The number of carbonyl (C=O) groups is 4. The molecule has 5 aliphatic rings. The van der Waals surface area contributed by atoms with E-state index in [2.05, 4.69) is 24.3 Å². The van der Waals surface area contributed by atoms with Crippen molar-refractivity contribution in [3.05, 3.63) is 24.3 Å². The van der Waals surface area contributed by atoms with Gasteiger partial charge in [0, 0.05) is 51.4 Å². The quantitative estimate of drug-likeness (QED) is 0.367. The van der Waals surface area contributed by atoms with Gasteiger partial charge >= 0.3 is 23.9 Å². The lowest BCUT2D eigenvalue weighted by Gasteiger charge is -2.69. The van der Waals surface area contributed by atoms with Gasteiger partial charge in [0.25, 0.3) is 0 Å². The SMILES string of the molecule is CC(=O)O[C@@H]1[C@H]2C=CC3C4C(C=C[C@H]5[C@H](OC(C)=O)[C@H](OC(C)=O)[C@H]45)C3[C@@H]2[C@@H]1OC(C)=O. The molecule has 32 heavy (non-hydrogen) atoms. The summed E-state index contributed by atoms with van der Waals surface area (Å²) in [5.41, 5.74) is 0. The highest BCUT2D eigenvalue weighted by molar-refractivity contribution is 5.68.